The SMILES string of the molecule is CCn1ncc(N)c1C(=O)Nc1ccccc1Cl. The van der Waals surface area contributed by atoms with Gasteiger partial charge in [0.25, 0.3) is 5.91 Å². The predicted octanol–water partition coefficient (Wildman–Crippen LogP) is 2.39. The number of aryl methyl sites for hydroxylation is 1. The molecule has 5 nitrogen and oxygen atoms in total. The Morgan fingerprint density at radius 1 is 1.50 bits per heavy atom. The summed E-state index contributed by atoms with van der Waals surface area (Å²) in [6, 6.07) is 7.02. The third-order valence-corrected chi connectivity index (χ3v) is 2.83. The lowest BCUT2D eigenvalue weighted by Gasteiger charge is -2.08. The highest BCUT2D eigenvalue weighted by Crippen LogP contribution is 2.22. The normalized spacial score (nSPS) is 10.3. The zero-order valence-electron chi connectivity index (χ0n) is 9.85. The number of nitrogens with two attached hydrogens (primary N) is 1. The molecule has 0 bridgehead atoms. The zero-order chi connectivity index (χ0) is 13.1. The number of anilines is 2. The number of benzene rings is 1. The molecule has 0 unspecified atom stereocenters. The molecule has 0 radical (unpaired) electrons. The summed E-state index contributed by atoms with van der Waals surface area (Å²) < 4.78 is 1.54. The number of hydrogen-bond acceptors (Lipinski definition) is 3. The molecular weight excluding hydrogens is 252 g/mol. The average Bonchev–Trinajstić information content (AvgIpc) is 2.73. The number of nitrogens with one attached hydrogen (secondary N) is 1. The van der Waals surface area contributed by atoms with Gasteiger partial charge in [-0.15, -0.1) is 0 Å². The Balaban J connectivity index is 2.28. The first kappa shape index (κ1) is 12.4. The molecular formula is C12H13ClN4O. The second-order valence-corrected chi connectivity index (χ2v) is 4.11. The molecule has 2 rings (SSSR count). The molecule has 0 saturated carbocycles. The smallest absolute Gasteiger partial charge is 0.276 e. The van der Waals surface area contributed by atoms with Crippen LogP contribution in [0.3, 0.4) is 0 Å². The second-order valence-electron chi connectivity index (χ2n) is 3.70. The molecule has 1 aromatic carbocycles. The molecule has 0 atom stereocenters. The maximum atomic E-state index is 12.1. The molecule has 3 N–H and O–H groups in total. The van der Waals surface area contributed by atoms with Crippen LogP contribution in [0.4, 0.5) is 11.4 Å². The first-order valence-corrected chi connectivity index (χ1v) is 5.88. The molecule has 1 aromatic heterocycles. The summed E-state index contributed by atoms with van der Waals surface area (Å²) in [4.78, 5) is 12.1. The second kappa shape index (κ2) is 5.10. The molecule has 0 fully saturated rings. The van der Waals surface area contributed by atoms with Crippen molar-refractivity contribution in [2.24, 2.45) is 0 Å². The lowest BCUT2D eigenvalue weighted by molar-refractivity contribution is 0.101. The first-order chi connectivity index (χ1) is 8.63. The maximum Gasteiger partial charge on any atom is 0.276 e. The maximum absolute atomic E-state index is 12.1. The van der Waals surface area contributed by atoms with E-state index in [-0.39, 0.29) is 5.91 Å². The van der Waals surface area contributed by atoms with E-state index in [2.05, 4.69) is 10.4 Å². The Kier molecular flexibility index (Phi) is 3.53. The van der Waals surface area contributed by atoms with E-state index in [0.29, 0.717) is 28.6 Å². The topological polar surface area (TPSA) is 72.9 Å². The summed E-state index contributed by atoms with van der Waals surface area (Å²) in [7, 11) is 0. The van der Waals surface area contributed by atoms with Crippen molar-refractivity contribution in [1.29, 1.82) is 0 Å². The fourth-order valence-electron chi connectivity index (χ4n) is 1.63. The van der Waals surface area contributed by atoms with Gasteiger partial charge in [-0.05, 0) is 19.1 Å². The van der Waals surface area contributed by atoms with Crippen LogP contribution in [0.5, 0.6) is 0 Å². The minimum Gasteiger partial charge on any atom is -0.396 e. The van der Waals surface area contributed by atoms with Gasteiger partial charge in [0.05, 0.1) is 22.6 Å². The van der Waals surface area contributed by atoms with Gasteiger partial charge >= 0.3 is 0 Å². The lowest BCUT2D eigenvalue weighted by atomic mass is 10.3. The van der Waals surface area contributed by atoms with Gasteiger partial charge in [-0.2, -0.15) is 5.10 Å². The largest absolute Gasteiger partial charge is 0.396 e. The van der Waals surface area contributed by atoms with Gasteiger partial charge in [-0.25, -0.2) is 0 Å². The number of carbonyl (C=O) groups excluding carboxylic acids is 1. The number of nitrogens with zero attached hydrogens (tertiary/aromatic N) is 2. The molecule has 2 aromatic rings. The Labute approximate surface area is 110 Å². The van der Waals surface area contributed by atoms with E-state index in [9.17, 15) is 4.79 Å². The van der Waals surface area contributed by atoms with Crippen LogP contribution < -0.4 is 11.1 Å². The van der Waals surface area contributed by atoms with E-state index < -0.39 is 0 Å². The number of hydrogen-bond donors (Lipinski definition) is 2. The number of halogens is 1. The number of carbonyl (C=O) groups is 1. The molecule has 0 aliphatic heterocycles. The van der Waals surface area contributed by atoms with Crippen LogP contribution in [0, 0.1) is 0 Å². The van der Waals surface area contributed by atoms with Gasteiger partial charge in [0, 0.05) is 6.54 Å². The number of rotatable bonds is 3. The first-order valence-electron chi connectivity index (χ1n) is 5.50. The van der Waals surface area contributed by atoms with Gasteiger partial charge in [0.15, 0.2) is 0 Å². The van der Waals surface area contributed by atoms with E-state index in [4.69, 9.17) is 17.3 Å². The Morgan fingerprint density at radius 3 is 2.89 bits per heavy atom. The van der Waals surface area contributed by atoms with Crippen molar-refractivity contribution in [3.8, 4) is 0 Å². The van der Waals surface area contributed by atoms with Crippen LogP contribution >= 0.6 is 11.6 Å². The van der Waals surface area contributed by atoms with Gasteiger partial charge < -0.3 is 11.1 Å². The van der Waals surface area contributed by atoms with Crippen molar-refractivity contribution < 1.29 is 4.79 Å². The fraction of sp³-hybridized carbons (Fsp3) is 0.167. The van der Waals surface area contributed by atoms with Gasteiger partial charge in [0.1, 0.15) is 5.69 Å². The lowest BCUT2D eigenvalue weighted by Crippen LogP contribution is -2.19. The van der Waals surface area contributed by atoms with Crippen LogP contribution in [-0.2, 0) is 6.54 Å². The number of nitrogen functional groups attached to an aromatic ring is 1. The van der Waals surface area contributed by atoms with Crippen molar-refractivity contribution in [1.82, 2.24) is 9.78 Å². The highest BCUT2D eigenvalue weighted by atomic mass is 35.5. The minimum absolute atomic E-state index is 0.319. The number of aromatic nitrogens is 2. The highest BCUT2D eigenvalue weighted by molar-refractivity contribution is 6.33. The molecule has 94 valence electrons. The molecule has 18 heavy (non-hydrogen) atoms. The monoisotopic (exact) mass is 264 g/mol. The summed E-state index contributed by atoms with van der Waals surface area (Å²) in [5.74, 6) is -0.319. The van der Waals surface area contributed by atoms with Crippen LogP contribution in [0.1, 0.15) is 17.4 Å². The van der Waals surface area contributed by atoms with E-state index >= 15 is 0 Å². The van der Waals surface area contributed by atoms with Crippen molar-refractivity contribution in [3.63, 3.8) is 0 Å². The summed E-state index contributed by atoms with van der Waals surface area (Å²) >= 11 is 5.97. The molecule has 0 spiro atoms. The van der Waals surface area contributed by atoms with Gasteiger partial charge in [-0.1, -0.05) is 23.7 Å². The van der Waals surface area contributed by atoms with Crippen molar-refractivity contribution in [2.45, 2.75) is 13.5 Å². The molecule has 1 heterocycles. The third-order valence-electron chi connectivity index (χ3n) is 2.50. The van der Waals surface area contributed by atoms with Crippen molar-refractivity contribution >= 4 is 28.9 Å². The molecule has 0 aliphatic rings. The van der Waals surface area contributed by atoms with Gasteiger partial charge in [-0.3, -0.25) is 9.48 Å². The third kappa shape index (κ3) is 2.31. The Bertz CT molecular complexity index is 579. The van der Waals surface area contributed by atoms with Gasteiger partial charge in [0.2, 0.25) is 0 Å². The highest BCUT2D eigenvalue weighted by Gasteiger charge is 2.16. The van der Waals surface area contributed by atoms with E-state index in [0.717, 1.165) is 0 Å². The van der Waals surface area contributed by atoms with Crippen molar-refractivity contribution in [2.75, 3.05) is 11.1 Å². The van der Waals surface area contributed by atoms with Crippen molar-refractivity contribution in [3.05, 3.63) is 41.2 Å². The predicted molar refractivity (Wildman–Crippen MR) is 71.7 cm³/mol. The standard InChI is InChI=1S/C12H13ClN4O/c1-2-17-11(9(14)7-15-17)12(18)16-10-6-4-3-5-8(10)13/h3-7H,2,14H2,1H3,(H,16,18). The summed E-state index contributed by atoms with van der Waals surface area (Å²) in [6.45, 7) is 2.46. The van der Waals surface area contributed by atoms with E-state index in [1.54, 1.807) is 28.9 Å². The van der Waals surface area contributed by atoms with E-state index in [1.165, 1.54) is 6.20 Å². The summed E-state index contributed by atoms with van der Waals surface area (Å²) in [5.41, 5.74) is 6.97. The van der Waals surface area contributed by atoms with Crippen LogP contribution in [0.25, 0.3) is 0 Å². The Morgan fingerprint density at radius 2 is 2.22 bits per heavy atom. The minimum atomic E-state index is -0.319. The van der Waals surface area contributed by atoms with Crippen LogP contribution in [-0.4, -0.2) is 15.7 Å². The molecule has 1 amide bonds. The molecule has 0 saturated heterocycles. The average molecular weight is 265 g/mol. The number of amides is 1. The molecule has 0 aliphatic carbocycles. The quantitative estimate of drug-likeness (QED) is 0.894. The summed E-state index contributed by atoms with van der Waals surface area (Å²) in [5, 5.41) is 7.21. The van der Waals surface area contributed by atoms with E-state index in [1.807, 2.05) is 6.92 Å². The number of para-hydroxylation sites is 1. The fourth-order valence-corrected chi connectivity index (χ4v) is 1.81. The summed E-state index contributed by atoms with van der Waals surface area (Å²) in [6.07, 6.45) is 1.46. The molecule has 6 heteroatoms. The zero-order valence-corrected chi connectivity index (χ0v) is 10.6. The Hall–Kier alpha value is -2.01. The van der Waals surface area contributed by atoms with Crippen LogP contribution in [0.2, 0.25) is 5.02 Å². The van der Waals surface area contributed by atoms with Crippen LogP contribution in [0.15, 0.2) is 30.5 Å².